The first-order valence-corrected chi connectivity index (χ1v) is 5.39. The third-order valence-electron chi connectivity index (χ3n) is 2.48. The van der Waals surface area contributed by atoms with E-state index in [1.807, 2.05) is 6.07 Å². The molecule has 0 saturated heterocycles. The van der Waals surface area contributed by atoms with Crippen molar-refractivity contribution in [1.29, 1.82) is 0 Å². The van der Waals surface area contributed by atoms with E-state index in [1.165, 1.54) is 18.5 Å². The Morgan fingerprint density at radius 2 is 2.00 bits per heavy atom. The Labute approximate surface area is 85.7 Å². The molecule has 1 aromatic carbocycles. The van der Waals surface area contributed by atoms with Gasteiger partial charge in [-0.05, 0) is 31.9 Å². The third kappa shape index (κ3) is 3.04. The Morgan fingerprint density at radius 3 is 2.64 bits per heavy atom. The van der Waals surface area contributed by atoms with Crippen molar-refractivity contribution in [1.82, 2.24) is 5.32 Å². The van der Waals surface area contributed by atoms with Gasteiger partial charge in [0.15, 0.2) is 0 Å². The third-order valence-corrected chi connectivity index (χ3v) is 2.48. The van der Waals surface area contributed by atoms with E-state index < -0.39 is 0 Å². The SMILES string of the molecule is CC(CNc1ccccc1)NC1CC1. The normalized spacial score (nSPS) is 17.8. The fraction of sp³-hybridized carbons (Fsp3) is 0.500. The molecule has 1 aromatic rings. The molecule has 1 aliphatic carbocycles. The van der Waals surface area contributed by atoms with Crippen molar-refractivity contribution in [2.75, 3.05) is 11.9 Å². The van der Waals surface area contributed by atoms with E-state index in [0.717, 1.165) is 12.6 Å². The number of benzene rings is 1. The molecule has 0 amide bonds. The van der Waals surface area contributed by atoms with E-state index in [2.05, 4.69) is 41.8 Å². The van der Waals surface area contributed by atoms with Crippen molar-refractivity contribution in [2.45, 2.75) is 31.8 Å². The molecule has 76 valence electrons. The zero-order chi connectivity index (χ0) is 9.80. The second-order valence-corrected chi connectivity index (χ2v) is 4.09. The molecule has 1 aliphatic rings. The quantitative estimate of drug-likeness (QED) is 0.744. The Bertz CT molecular complexity index is 267. The van der Waals surface area contributed by atoms with Gasteiger partial charge in [-0.25, -0.2) is 0 Å². The summed E-state index contributed by atoms with van der Waals surface area (Å²) in [5.41, 5.74) is 1.21. The summed E-state index contributed by atoms with van der Waals surface area (Å²) in [4.78, 5) is 0. The van der Waals surface area contributed by atoms with Gasteiger partial charge in [0, 0.05) is 24.3 Å². The summed E-state index contributed by atoms with van der Waals surface area (Å²) in [5, 5.41) is 6.98. The first-order valence-electron chi connectivity index (χ1n) is 5.39. The molecule has 0 radical (unpaired) electrons. The van der Waals surface area contributed by atoms with Gasteiger partial charge in [0.05, 0.1) is 0 Å². The molecule has 2 N–H and O–H groups in total. The summed E-state index contributed by atoms with van der Waals surface area (Å²) >= 11 is 0. The maximum absolute atomic E-state index is 3.56. The van der Waals surface area contributed by atoms with Crippen LogP contribution in [0.15, 0.2) is 30.3 Å². The van der Waals surface area contributed by atoms with Crippen LogP contribution in [0, 0.1) is 0 Å². The highest BCUT2D eigenvalue weighted by molar-refractivity contribution is 5.42. The predicted octanol–water partition coefficient (Wildman–Crippen LogP) is 2.24. The van der Waals surface area contributed by atoms with Crippen LogP contribution < -0.4 is 10.6 Å². The molecular formula is C12H18N2. The van der Waals surface area contributed by atoms with Crippen molar-refractivity contribution in [2.24, 2.45) is 0 Å². The van der Waals surface area contributed by atoms with E-state index in [9.17, 15) is 0 Å². The minimum atomic E-state index is 0.558. The summed E-state index contributed by atoms with van der Waals surface area (Å²) in [7, 11) is 0. The summed E-state index contributed by atoms with van der Waals surface area (Å²) < 4.78 is 0. The average molecular weight is 190 g/mol. The maximum Gasteiger partial charge on any atom is 0.0340 e. The number of anilines is 1. The number of nitrogens with one attached hydrogen (secondary N) is 2. The molecular weight excluding hydrogens is 172 g/mol. The molecule has 14 heavy (non-hydrogen) atoms. The molecule has 0 aromatic heterocycles. The lowest BCUT2D eigenvalue weighted by molar-refractivity contribution is 0.565. The number of rotatable bonds is 5. The van der Waals surface area contributed by atoms with Crippen LogP contribution >= 0.6 is 0 Å². The van der Waals surface area contributed by atoms with Gasteiger partial charge in [-0.3, -0.25) is 0 Å². The molecule has 2 heteroatoms. The summed E-state index contributed by atoms with van der Waals surface area (Å²) in [6.07, 6.45) is 2.71. The van der Waals surface area contributed by atoms with Gasteiger partial charge in [-0.2, -0.15) is 0 Å². The van der Waals surface area contributed by atoms with Crippen LogP contribution in [-0.4, -0.2) is 18.6 Å². The summed E-state index contributed by atoms with van der Waals surface area (Å²) in [6, 6.07) is 11.7. The molecule has 0 aliphatic heterocycles. The second-order valence-electron chi connectivity index (χ2n) is 4.09. The van der Waals surface area contributed by atoms with Gasteiger partial charge >= 0.3 is 0 Å². The van der Waals surface area contributed by atoms with Gasteiger partial charge in [0.2, 0.25) is 0 Å². The van der Waals surface area contributed by atoms with Gasteiger partial charge in [-0.1, -0.05) is 18.2 Å². The van der Waals surface area contributed by atoms with Crippen molar-refractivity contribution in [3.8, 4) is 0 Å². The molecule has 1 unspecified atom stereocenters. The van der Waals surface area contributed by atoms with Crippen LogP contribution in [0.5, 0.6) is 0 Å². The number of para-hydroxylation sites is 1. The molecule has 2 rings (SSSR count). The topological polar surface area (TPSA) is 24.1 Å². The highest BCUT2D eigenvalue weighted by Crippen LogP contribution is 2.19. The van der Waals surface area contributed by atoms with Crippen molar-refractivity contribution in [3.63, 3.8) is 0 Å². The average Bonchev–Trinajstić information content (AvgIpc) is 3.00. The maximum atomic E-state index is 3.56. The van der Waals surface area contributed by atoms with E-state index in [-0.39, 0.29) is 0 Å². The van der Waals surface area contributed by atoms with Gasteiger partial charge in [0.25, 0.3) is 0 Å². The molecule has 1 atom stereocenters. The van der Waals surface area contributed by atoms with Crippen molar-refractivity contribution < 1.29 is 0 Å². The first kappa shape index (κ1) is 9.53. The lowest BCUT2D eigenvalue weighted by Crippen LogP contribution is -2.34. The smallest absolute Gasteiger partial charge is 0.0340 e. The Balaban J connectivity index is 1.70. The standard InChI is InChI=1S/C12H18N2/c1-10(14-12-7-8-12)9-13-11-5-3-2-4-6-11/h2-6,10,12-14H,7-9H2,1H3. The second kappa shape index (κ2) is 4.47. The molecule has 0 bridgehead atoms. The molecule has 1 saturated carbocycles. The van der Waals surface area contributed by atoms with E-state index in [4.69, 9.17) is 0 Å². The van der Waals surface area contributed by atoms with Crippen molar-refractivity contribution in [3.05, 3.63) is 30.3 Å². The zero-order valence-electron chi connectivity index (χ0n) is 8.66. The predicted molar refractivity (Wildman–Crippen MR) is 60.6 cm³/mol. The number of hydrogen-bond acceptors (Lipinski definition) is 2. The van der Waals surface area contributed by atoms with Gasteiger partial charge in [-0.15, -0.1) is 0 Å². The van der Waals surface area contributed by atoms with Crippen LogP contribution in [0.25, 0.3) is 0 Å². The van der Waals surface area contributed by atoms with Crippen LogP contribution in [0.4, 0.5) is 5.69 Å². The lowest BCUT2D eigenvalue weighted by atomic mass is 10.3. The Hall–Kier alpha value is -1.02. The highest BCUT2D eigenvalue weighted by atomic mass is 15.0. The summed E-state index contributed by atoms with van der Waals surface area (Å²) in [5.74, 6) is 0. The van der Waals surface area contributed by atoms with E-state index in [0.29, 0.717) is 6.04 Å². The van der Waals surface area contributed by atoms with Crippen LogP contribution in [0.2, 0.25) is 0 Å². The monoisotopic (exact) mass is 190 g/mol. The molecule has 1 fully saturated rings. The van der Waals surface area contributed by atoms with Gasteiger partial charge in [0.1, 0.15) is 0 Å². The Morgan fingerprint density at radius 1 is 1.29 bits per heavy atom. The fourth-order valence-electron chi connectivity index (χ4n) is 1.54. The molecule has 0 heterocycles. The molecule has 0 spiro atoms. The lowest BCUT2D eigenvalue weighted by Gasteiger charge is -2.14. The van der Waals surface area contributed by atoms with E-state index in [1.54, 1.807) is 0 Å². The van der Waals surface area contributed by atoms with E-state index >= 15 is 0 Å². The van der Waals surface area contributed by atoms with Crippen LogP contribution in [0.3, 0.4) is 0 Å². The largest absolute Gasteiger partial charge is 0.383 e. The minimum Gasteiger partial charge on any atom is -0.383 e. The highest BCUT2D eigenvalue weighted by Gasteiger charge is 2.22. The summed E-state index contributed by atoms with van der Waals surface area (Å²) in [6.45, 7) is 3.23. The van der Waals surface area contributed by atoms with Crippen LogP contribution in [-0.2, 0) is 0 Å². The zero-order valence-corrected chi connectivity index (χ0v) is 8.66. The minimum absolute atomic E-state index is 0.558. The van der Waals surface area contributed by atoms with Gasteiger partial charge < -0.3 is 10.6 Å². The van der Waals surface area contributed by atoms with Crippen LogP contribution in [0.1, 0.15) is 19.8 Å². The first-order chi connectivity index (χ1) is 6.84. The molecule has 2 nitrogen and oxygen atoms in total. The number of hydrogen-bond donors (Lipinski definition) is 2. The Kier molecular flexibility index (Phi) is 3.04. The fourth-order valence-corrected chi connectivity index (χ4v) is 1.54. The van der Waals surface area contributed by atoms with Crippen molar-refractivity contribution >= 4 is 5.69 Å².